The van der Waals surface area contributed by atoms with Gasteiger partial charge in [0, 0.05) is 13.1 Å². The zero-order valence-electron chi connectivity index (χ0n) is 11.5. The van der Waals surface area contributed by atoms with Gasteiger partial charge in [-0.05, 0) is 23.1 Å². The average Bonchev–Trinajstić information content (AvgIpc) is 2.47. The number of fused-ring (bicyclic) bond motifs is 1. The molecule has 0 amide bonds. The van der Waals surface area contributed by atoms with Gasteiger partial charge >= 0.3 is 6.18 Å². The molecular weight excluding hydrogens is 275 g/mol. The Bertz CT molecular complexity index is 607. The molecule has 0 radical (unpaired) electrons. The predicted octanol–water partition coefficient (Wildman–Crippen LogP) is 4.35. The Labute approximate surface area is 122 Å². The lowest BCUT2D eigenvalue weighted by Crippen LogP contribution is -2.41. The van der Waals surface area contributed by atoms with E-state index >= 15 is 0 Å². The first-order valence-electron chi connectivity index (χ1n) is 6.98. The molecule has 2 aromatic rings. The third-order valence-corrected chi connectivity index (χ3v) is 3.95. The molecule has 0 saturated heterocycles. The van der Waals surface area contributed by atoms with Crippen molar-refractivity contribution >= 4 is 0 Å². The summed E-state index contributed by atoms with van der Waals surface area (Å²) in [5, 5.41) is 0. The standard InChI is InChI=1S/C17H16F3N/c18-17(19,20)16(14-7-2-1-3-8-14)21-11-10-13-6-4-5-9-15(13)12-21/h1-9,16H,10-12H2. The molecule has 0 fully saturated rings. The third-order valence-electron chi connectivity index (χ3n) is 3.95. The maximum absolute atomic E-state index is 13.5. The average molecular weight is 291 g/mol. The summed E-state index contributed by atoms with van der Waals surface area (Å²) in [6, 6.07) is 14.4. The van der Waals surface area contributed by atoms with E-state index in [4.69, 9.17) is 0 Å². The van der Waals surface area contributed by atoms with E-state index in [1.54, 1.807) is 30.3 Å². The summed E-state index contributed by atoms with van der Waals surface area (Å²) < 4.78 is 40.6. The van der Waals surface area contributed by atoms with Crippen LogP contribution in [-0.4, -0.2) is 17.6 Å². The molecule has 1 aliphatic heterocycles. The van der Waals surface area contributed by atoms with Crippen molar-refractivity contribution < 1.29 is 13.2 Å². The van der Waals surface area contributed by atoms with Crippen molar-refractivity contribution in [3.8, 4) is 0 Å². The van der Waals surface area contributed by atoms with Crippen LogP contribution in [-0.2, 0) is 13.0 Å². The van der Waals surface area contributed by atoms with Crippen LogP contribution in [0.2, 0.25) is 0 Å². The van der Waals surface area contributed by atoms with Gasteiger partial charge in [-0.2, -0.15) is 13.2 Å². The van der Waals surface area contributed by atoms with Gasteiger partial charge in [-0.1, -0.05) is 54.6 Å². The van der Waals surface area contributed by atoms with E-state index < -0.39 is 12.2 Å². The van der Waals surface area contributed by atoms with E-state index in [1.807, 2.05) is 24.3 Å². The van der Waals surface area contributed by atoms with Crippen molar-refractivity contribution in [2.75, 3.05) is 6.54 Å². The number of hydrogen-bond donors (Lipinski definition) is 0. The molecule has 3 rings (SSSR count). The van der Waals surface area contributed by atoms with Crippen LogP contribution in [0.25, 0.3) is 0 Å². The van der Waals surface area contributed by atoms with Crippen molar-refractivity contribution in [3.63, 3.8) is 0 Å². The van der Waals surface area contributed by atoms with Gasteiger partial charge in [0.15, 0.2) is 0 Å². The Hall–Kier alpha value is -1.81. The number of hydrogen-bond acceptors (Lipinski definition) is 1. The fourth-order valence-corrected chi connectivity index (χ4v) is 2.98. The molecule has 0 aromatic heterocycles. The Morgan fingerprint density at radius 3 is 2.14 bits per heavy atom. The van der Waals surface area contributed by atoms with Crippen molar-refractivity contribution in [2.45, 2.75) is 25.2 Å². The monoisotopic (exact) mass is 291 g/mol. The molecule has 1 nitrogen and oxygen atoms in total. The molecule has 1 unspecified atom stereocenters. The van der Waals surface area contributed by atoms with Gasteiger partial charge in [0.1, 0.15) is 6.04 Å². The van der Waals surface area contributed by atoms with Crippen molar-refractivity contribution in [2.24, 2.45) is 0 Å². The maximum Gasteiger partial charge on any atom is 0.408 e. The highest BCUT2D eigenvalue weighted by atomic mass is 19.4. The first-order valence-corrected chi connectivity index (χ1v) is 6.98. The van der Waals surface area contributed by atoms with E-state index in [2.05, 4.69) is 0 Å². The van der Waals surface area contributed by atoms with Crippen molar-refractivity contribution in [1.82, 2.24) is 4.90 Å². The lowest BCUT2D eigenvalue weighted by molar-refractivity contribution is -0.189. The second-order valence-corrected chi connectivity index (χ2v) is 5.34. The highest BCUT2D eigenvalue weighted by Crippen LogP contribution is 2.39. The topological polar surface area (TPSA) is 3.24 Å². The normalized spacial score (nSPS) is 17.3. The molecule has 1 aliphatic rings. The van der Waals surface area contributed by atoms with Gasteiger partial charge in [0.2, 0.25) is 0 Å². The molecule has 0 bridgehead atoms. The Kier molecular flexibility index (Phi) is 3.72. The predicted molar refractivity (Wildman–Crippen MR) is 75.8 cm³/mol. The van der Waals surface area contributed by atoms with E-state index in [0.717, 1.165) is 11.1 Å². The van der Waals surface area contributed by atoms with Gasteiger partial charge in [0.25, 0.3) is 0 Å². The fourth-order valence-electron chi connectivity index (χ4n) is 2.98. The molecule has 4 heteroatoms. The van der Waals surface area contributed by atoms with Crippen molar-refractivity contribution in [3.05, 3.63) is 71.3 Å². The Morgan fingerprint density at radius 1 is 0.857 bits per heavy atom. The molecule has 1 atom stereocenters. The summed E-state index contributed by atoms with van der Waals surface area (Å²) in [6.07, 6.45) is -3.61. The summed E-state index contributed by atoms with van der Waals surface area (Å²) >= 11 is 0. The number of alkyl halides is 3. The molecule has 1 heterocycles. The van der Waals surface area contributed by atoms with Crippen LogP contribution in [0.3, 0.4) is 0 Å². The van der Waals surface area contributed by atoms with Gasteiger partial charge in [0.05, 0.1) is 0 Å². The lowest BCUT2D eigenvalue weighted by atomic mass is 9.96. The van der Waals surface area contributed by atoms with Crippen LogP contribution in [0.5, 0.6) is 0 Å². The Morgan fingerprint density at radius 2 is 1.48 bits per heavy atom. The minimum atomic E-state index is -4.27. The molecule has 21 heavy (non-hydrogen) atoms. The second-order valence-electron chi connectivity index (χ2n) is 5.34. The number of rotatable bonds is 2. The fraction of sp³-hybridized carbons (Fsp3) is 0.294. The van der Waals surface area contributed by atoms with Gasteiger partial charge < -0.3 is 0 Å². The number of benzene rings is 2. The summed E-state index contributed by atoms with van der Waals surface area (Å²) in [5.74, 6) is 0. The van der Waals surface area contributed by atoms with Gasteiger partial charge in [-0.25, -0.2) is 0 Å². The molecule has 0 spiro atoms. The largest absolute Gasteiger partial charge is 0.408 e. The van der Waals surface area contributed by atoms with Crippen LogP contribution >= 0.6 is 0 Å². The highest BCUT2D eigenvalue weighted by molar-refractivity contribution is 5.30. The van der Waals surface area contributed by atoms with Crippen LogP contribution in [0.4, 0.5) is 13.2 Å². The molecule has 0 N–H and O–H groups in total. The molecule has 0 saturated carbocycles. The lowest BCUT2D eigenvalue weighted by Gasteiger charge is -2.36. The third kappa shape index (κ3) is 2.95. The van der Waals surface area contributed by atoms with E-state index in [-0.39, 0.29) is 0 Å². The summed E-state index contributed by atoms with van der Waals surface area (Å²) in [4.78, 5) is 1.53. The van der Waals surface area contributed by atoms with Gasteiger partial charge in [-0.15, -0.1) is 0 Å². The van der Waals surface area contributed by atoms with Crippen molar-refractivity contribution in [1.29, 1.82) is 0 Å². The first kappa shape index (κ1) is 14.1. The molecule has 0 aliphatic carbocycles. The van der Waals surface area contributed by atoms with Crippen LogP contribution in [0, 0.1) is 0 Å². The SMILES string of the molecule is FC(F)(F)C(c1ccccc1)N1CCc2ccccc2C1. The molecule has 110 valence electrons. The quantitative estimate of drug-likeness (QED) is 0.795. The molecule has 2 aromatic carbocycles. The number of halogens is 3. The maximum atomic E-state index is 13.5. The van der Waals surface area contributed by atoms with Crippen LogP contribution in [0.15, 0.2) is 54.6 Å². The zero-order valence-corrected chi connectivity index (χ0v) is 11.5. The minimum Gasteiger partial charge on any atom is -0.284 e. The van der Waals surface area contributed by atoms with Crippen LogP contribution in [0.1, 0.15) is 22.7 Å². The zero-order chi connectivity index (χ0) is 14.9. The van der Waals surface area contributed by atoms with Crippen LogP contribution < -0.4 is 0 Å². The summed E-state index contributed by atoms with van der Waals surface area (Å²) in [5.41, 5.74) is 2.46. The van der Waals surface area contributed by atoms with E-state index in [0.29, 0.717) is 25.1 Å². The molecular formula is C17H16F3N. The van der Waals surface area contributed by atoms with E-state index in [9.17, 15) is 13.2 Å². The van der Waals surface area contributed by atoms with Gasteiger partial charge in [-0.3, -0.25) is 4.90 Å². The smallest absolute Gasteiger partial charge is 0.284 e. The highest BCUT2D eigenvalue weighted by Gasteiger charge is 2.45. The van der Waals surface area contributed by atoms with E-state index in [1.165, 1.54) is 4.90 Å². The summed E-state index contributed by atoms with van der Waals surface area (Å²) in [6.45, 7) is 0.769. The minimum absolute atomic E-state index is 0.310. The Balaban J connectivity index is 1.93. The first-order chi connectivity index (χ1) is 10.1. The number of nitrogens with zero attached hydrogens (tertiary/aromatic N) is 1. The second kappa shape index (κ2) is 5.53. The summed E-state index contributed by atoms with van der Waals surface area (Å²) in [7, 11) is 0.